The minimum atomic E-state index is -0.671. The van der Waals surface area contributed by atoms with Crippen molar-refractivity contribution in [2.24, 2.45) is 19.8 Å². The number of rotatable bonds is 6. The summed E-state index contributed by atoms with van der Waals surface area (Å²) in [4.78, 5) is 41.9. The highest BCUT2D eigenvalue weighted by Gasteiger charge is 2.18. The van der Waals surface area contributed by atoms with E-state index in [-0.39, 0.29) is 12.1 Å². The molecule has 3 N–H and O–H groups in total. The first-order chi connectivity index (χ1) is 17.7. The van der Waals surface area contributed by atoms with Crippen LogP contribution in [0.5, 0.6) is 5.75 Å². The van der Waals surface area contributed by atoms with E-state index < -0.39 is 17.2 Å². The molecule has 0 aliphatic heterocycles. The Balaban J connectivity index is 1.74. The van der Waals surface area contributed by atoms with Crippen LogP contribution >= 0.6 is 11.6 Å². The van der Waals surface area contributed by atoms with Gasteiger partial charge in [-0.3, -0.25) is 19.1 Å². The van der Waals surface area contributed by atoms with Crippen LogP contribution in [-0.2, 0) is 20.6 Å². The zero-order chi connectivity index (χ0) is 26.9. The molecule has 10 heteroatoms. The number of methoxy groups -OCH3 is 1. The molecule has 190 valence electrons. The van der Waals surface area contributed by atoms with Crippen LogP contribution in [0.4, 0.5) is 5.69 Å². The van der Waals surface area contributed by atoms with Crippen molar-refractivity contribution >= 4 is 23.2 Å². The van der Waals surface area contributed by atoms with E-state index in [1.54, 1.807) is 25.4 Å². The average molecular weight is 520 g/mol. The monoisotopic (exact) mass is 519 g/mol. The summed E-state index contributed by atoms with van der Waals surface area (Å²) >= 11 is 6.89. The normalized spacial score (nSPS) is 10.9. The highest BCUT2D eigenvalue weighted by molar-refractivity contribution is 6.36. The second-order valence-electron chi connectivity index (χ2n) is 8.48. The van der Waals surface area contributed by atoms with Gasteiger partial charge in [-0.05, 0) is 30.2 Å². The molecule has 0 saturated heterocycles. The van der Waals surface area contributed by atoms with Gasteiger partial charge < -0.3 is 20.4 Å². The molecular weight excluding hydrogens is 494 g/mol. The smallest absolute Gasteiger partial charge is 0.330 e. The molecule has 2 heterocycles. The second-order valence-corrected chi connectivity index (χ2v) is 8.85. The minimum absolute atomic E-state index is 0.142. The zero-order valence-corrected chi connectivity index (χ0v) is 21.6. The lowest BCUT2D eigenvalue weighted by Gasteiger charge is -2.16. The molecular formula is C27H26ClN5O4. The van der Waals surface area contributed by atoms with E-state index in [2.05, 4.69) is 10.3 Å². The summed E-state index contributed by atoms with van der Waals surface area (Å²) < 4.78 is 7.51. The number of hydrogen-bond acceptors (Lipinski definition) is 6. The first kappa shape index (κ1) is 25.9. The van der Waals surface area contributed by atoms with Gasteiger partial charge >= 0.3 is 5.69 Å². The third-order valence-corrected chi connectivity index (χ3v) is 6.62. The van der Waals surface area contributed by atoms with Crippen LogP contribution in [0.3, 0.4) is 0 Å². The number of hydrogen-bond donors (Lipinski definition) is 2. The Hall–Kier alpha value is -4.21. The van der Waals surface area contributed by atoms with Crippen LogP contribution in [0.1, 0.15) is 21.6 Å². The van der Waals surface area contributed by atoms with Gasteiger partial charge in [-0.15, -0.1) is 0 Å². The zero-order valence-electron chi connectivity index (χ0n) is 20.8. The standard InChI is InChI=1S/C27H26ClN5O4/c1-15-17(7-6-10-21(15)31-25(34)20-14-32(2)27(36)33(3)26(20)35)19-9-5-8-18(24(19)28)16-11-23(37-4)22(12-29)30-13-16/h5-11,13-14H,12,29H2,1-4H3,(H,31,34). The molecule has 1 amide bonds. The number of ether oxygens (including phenoxy) is 1. The summed E-state index contributed by atoms with van der Waals surface area (Å²) in [6.07, 6.45) is 2.94. The number of nitrogens with one attached hydrogen (secondary N) is 1. The summed E-state index contributed by atoms with van der Waals surface area (Å²) in [6, 6.07) is 12.9. The lowest BCUT2D eigenvalue weighted by Crippen LogP contribution is -2.40. The first-order valence-electron chi connectivity index (χ1n) is 11.4. The maximum absolute atomic E-state index is 13.0. The maximum Gasteiger partial charge on any atom is 0.330 e. The maximum atomic E-state index is 13.0. The van der Waals surface area contributed by atoms with Crippen LogP contribution in [-0.4, -0.2) is 27.1 Å². The topological polar surface area (TPSA) is 121 Å². The molecule has 0 aliphatic carbocycles. The molecule has 0 fully saturated rings. The van der Waals surface area contributed by atoms with Crippen molar-refractivity contribution in [2.75, 3.05) is 12.4 Å². The van der Waals surface area contributed by atoms with Gasteiger partial charge in [-0.2, -0.15) is 0 Å². The van der Waals surface area contributed by atoms with Gasteiger partial charge in [0.15, 0.2) is 0 Å². The van der Waals surface area contributed by atoms with Crippen molar-refractivity contribution in [3.8, 4) is 28.0 Å². The Kier molecular flexibility index (Phi) is 7.28. The molecule has 0 bridgehead atoms. The molecule has 2 aromatic carbocycles. The average Bonchev–Trinajstić information content (AvgIpc) is 2.90. The molecule has 9 nitrogen and oxygen atoms in total. The van der Waals surface area contributed by atoms with Gasteiger partial charge in [0.05, 0.1) is 17.8 Å². The fourth-order valence-electron chi connectivity index (χ4n) is 4.13. The third kappa shape index (κ3) is 4.78. The quantitative estimate of drug-likeness (QED) is 0.402. The Labute approximate surface area is 218 Å². The number of nitrogens with zero attached hydrogens (tertiary/aromatic N) is 3. The van der Waals surface area contributed by atoms with E-state index in [9.17, 15) is 14.4 Å². The van der Waals surface area contributed by atoms with Gasteiger partial charge in [0.1, 0.15) is 11.3 Å². The fourth-order valence-corrected chi connectivity index (χ4v) is 4.47. The van der Waals surface area contributed by atoms with E-state index in [1.807, 2.05) is 37.3 Å². The molecule has 0 radical (unpaired) electrons. The molecule has 4 rings (SSSR count). The van der Waals surface area contributed by atoms with Crippen molar-refractivity contribution < 1.29 is 9.53 Å². The molecule has 0 saturated carbocycles. The van der Waals surface area contributed by atoms with Gasteiger partial charge in [-0.1, -0.05) is 41.9 Å². The third-order valence-electron chi connectivity index (χ3n) is 6.22. The summed E-state index contributed by atoms with van der Waals surface area (Å²) in [5, 5.41) is 3.30. The molecule has 0 atom stereocenters. The summed E-state index contributed by atoms with van der Waals surface area (Å²) in [6.45, 7) is 2.10. The van der Waals surface area contributed by atoms with Crippen LogP contribution in [0, 0.1) is 6.92 Å². The van der Waals surface area contributed by atoms with Crippen LogP contribution in [0.2, 0.25) is 5.02 Å². The SMILES string of the molecule is COc1cc(-c2cccc(-c3cccc(NC(=O)c4cn(C)c(=O)n(C)c4=O)c3C)c2Cl)cnc1CN. The number of amides is 1. The van der Waals surface area contributed by atoms with E-state index >= 15 is 0 Å². The Bertz CT molecular complexity index is 1640. The van der Waals surface area contributed by atoms with Gasteiger partial charge in [-0.25, -0.2) is 4.79 Å². The van der Waals surface area contributed by atoms with Crippen molar-refractivity contribution in [1.29, 1.82) is 0 Å². The predicted molar refractivity (Wildman–Crippen MR) is 144 cm³/mol. The van der Waals surface area contributed by atoms with E-state index in [4.69, 9.17) is 22.1 Å². The molecule has 0 spiro atoms. The summed E-state index contributed by atoms with van der Waals surface area (Å²) in [7, 11) is 4.37. The molecule has 37 heavy (non-hydrogen) atoms. The Morgan fingerprint density at radius 3 is 2.49 bits per heavy atom. The number of nitrogens with two attached hydrogens (primary N) is 1. The number of carbonyl (C=O) groups is 1. The number of aromatic nitrogens is 3. The van der Waals surface area contributed by atoms with Crippen LogP contribution < -0.4 is 27.0 Å². The van der Waals surface area contributed by atoms with Crippen molar-refractivity contribution in [2.45, 2.75) is 13.5 Å². The Morgan fingerprint density at radius 1 is 1.11 bits per heavy atom. The number of aryl methyl sites for hydroxylation is 1. The molecule has 0 aliphatic rings. The number of anilines is 1. The first-order valence-corrected chi connectivity index (χ1v) is 11.8. The lowest BCUT2D eigenvalue weighted by atomic mass is 9.95. The number of carbonyl (C=O) groups excluding carboxylic acids is 1. The second kappa shape index (κ2) is 10.4. The highest BCUT2D eigenvalue weighted by Crippen LogP contribution is 2.39. The number of benzene rings is 2. The molecule has 4 aromatic rings. The highest BCUT2D eigenvalue weighted by atomic mass is 35.5. The van der Waals surface area contributed by atoms with Crippen LogP contribution in [0.15, 0.2) is 64.4 Å². The Morgan fingerprint density at radius 2 is 1.78 bits per heavy atom. The van der Waals surface area contributed by atoms with Crippen molar-refractivity contribution in [3.05, 3.63) is 97.5 Å². The summed E-state index contributed by atoms with van der Waals surface area (Å²) in [5.41, 5.74) is 9.42. The largest absolute Gasteiger partial charge is 0.495 e. The predicted octanol–water partition coefficient (Wildman–Crippen LogP) is 3.49. The van der Waals surface area contributed by atoms with Gasteiger partial charge in [0.25, 0.3) is 11.5 Å². The van der Waals surface area contributed by atoms with Gasteiger partial charge in [0.2, 0.25) is 0 Å². The fraction of sp³-hybridized carbons (Fsp3) is 0.185. The van der Waals surface area contributed by atoms with E-state index in [1.165, 1.54) is 24.9 Å². The number of halogens is 1. The van der Waals surface area contributed by atoms with Crippen molar-refractivity contribution in [1.82, 2.24) is 14.1 Å². The van der Waals surface area contributed by atoms with E-state index in [0.717, 1.165) is 32.4 Å². The van der Waals surface area contributed by atoms with Crippen molar-refractivity contribution in [3.63, 3.8) is 0 Å². The lowest BCUT2D eigenvalue weighted by molar-refractivity contribution is 0.102. The van der Waals surface area contributed by atoms with Crippen LogP contribution in [0.25, 0.3) is 22.3 Å². The van der Waals surface area contributed by atoms with E-state index in [0.29, 0.717) is 22.2 Å². The number of pyridine rings is 1. The molecule has 2 aromatic heterocycles. The summed E-state index contributed by atoms with van der Waals surface area (Å²) in [5.74, 6) is -0.0404. The molecule has 0 unspecified atom stereocenters. The minimum Gasteiger partial charge on any atom is -0.495 e. The van der Waals surface area contributed by atoms with Gasteiger partial charge in [0, 0.05) is 55.4 Å².